The van der Waals surface area contributed by atoms with Crippen molar-refractivity contribution < 1.29 is 13.7 Å². The Labute approximate surface area is 87.0 Å². The van der Waals surface area contributed by atoms with Crippen molar-refractivity contribution in [2.75, 3.05) is 13.7 Å². The van der Waals surface area contributed by atoms with Gasteiger partial charge in [0.05, 0.1) is 17.7 Å². The quantitative estimate of drug-likeness (QED) is 0.745. The first-order chi connectivity index (χ1) is 7.13. The number of hydrogen-bond acceptors (Lipinski definition) is 3. The summed E-state index contributed by atoms with van der Waals surface area (Å²) in [5.41, 5.74) is 0.773. The molecule has 0 N–H and O–H groups in total. The minimum absolute atomic E-state index is 0.156. The molecule has 1 aromatic rings. The lowest BCUT2D eigenvalue weighted by Gasteiger charge is -2.16. The lowest BCUT2D eigenvalue weighted by Crippen LogP contribution is -2.25. The van der Waals surface area contributed by atoms with E-state index in [-0.39, 0.29) is 11.9 Å². The Hall–Kier alpha value is -1.39. The summed E-state index contributed by atoms with van der Waals surface area (Å²) in [6.45, 7) is 1.21. The second-order valence-electron chi connectivity index (χ2n) is 3.92. The fourth-order valence-corrected chi connectivity index (χ4v) is 1.95. The Kier molecular flexibility index (Phi) is 2.46. The van der Waals surface area contributed by atoms with Crippen molar-refractivity contribution in [2.45, 2.75) is 19.4 Å². The van der Waals surface area contributed by atoms with E-state index in [9.17, 15) is 9.18 Å². The number of likely N-dealkylation sites (tertiary alicyclic amines) is 1. The molecule has 1 fully saturated rings. The van der Waals surface area contributed by atoms with Crippen molar-refractivity contribution in [3.05, 3.63) is 17.5 Å². The molecular weight excluding hydrogens is 199 g/mol. The fraction of sp³-hybridized carbons (Fsp3) is 0.600. The van der Waals surface area contributed by atoms with Crippen molar-refractivity contribution in [1.82, 2.24) is 10.1 Å². The van der Waals surface area contributed by atoms with Gasteiger partial charge in [-0.05, 0) is 13.3 Å². The number of carbonyl (C=O) groups is 1. The highest BCUT2D eigenvalue weighted by molar-refractivity contribution is 5.81. The maximum absolute atomic E-state index is 12.5. The van der Waals surface area contributed by atoms with Gasteiger partial charge in [0, 0.05) is 13.1 Å². The highest BCUT2D eigenvalue weighted by Gasteiger charge is 2.39. The number of hydrogen-bond donors (Lipinski definition) is 0. The highest BCUT2D eigenvalue weighted by atomic mass is 19.1. The minimum atomic E-state index is -0.604. The van der Waals surface area contributed by atoms with Gasteiger partial charge >= 0.3 is 0 Å². The molecule has 0 spiro atoms. The van der Waals surface area contributed by atoms with E-state index in [0.717, 1.165) is 5.69 Å². The highest BCUT2D eigenvalue weighted by Crippen LogP contribution is 2.35. The number of aromatic nitrogens is 1. The first-order valence-electron chi connectivity index (χ1n) is 4.89. The number of amides is 1. The van der Waals surface area contributed by atoms with Crippen molar-refractivity contribution in [1.29, 1.82) is 0 Å². The Bertz CT molecular complexity index is 377. The van der Waals surface area contributed by atoms with Crippen LogP contribution < -0.4 is 0 Å². The van der Waals surface area contributed by atoms with Gasteiger partial charge in [-0.1, -0.05) is 5.16 Å². The molecule has 2 atom stereocenters. The van der Waals surface area contributed by atoms with E-state index in [0.29, 0.717) is 12.2 Å². The fourth-order valence-electron chi connectivity index (χ4n) is 1.95. The monoisotopic (exact) mass is 212 g/mol. The Morgan fingerprint density at radius 1 is 1.73 bits per heavy atom. The van der Waals surface area contributed by atoms with Gasteiger partial charge in [-0.3, -0.25) is 9.18 Å². The van der Waals surface area contributed by atoms with Gasteiger partial charge in [-0.25, -0.2) is 0 Å². The molecule has 0 aliphatic carbocycles. The number of halogens is 1. The van der Waals surface area contributed by atoms with Gasteiger partial charge in [0.1, 0.15) is 6.67 Å². The zero-order valence-electron chi connectivity index (χ0n) is 8.74. The molecule has 1 aliphatic heterocycles. The lowest BCUT2D eigenvalue weighted by molar-refractivity contribution is -0.131. The number of aryl methyl sites for hydroxylation is 1. The van der Waals surface area contributed by atoms with Crippen LogP contribution in [-0.4, -0.2) is 29.7 Å². The summed E-state index contributed by atoms with van der Waals surface area (Å²) >= 11 is 0. The largest absolute Gasteiger partial charge is 0.359 e. The third kappa shape index (κ3) is 1.62. The molecule has 1 aliphatic rings. The molecule has 1 saturated heterocycles. The van der Waals surface area contributed by atoms with Crippen LogP contribution in [0.4, 0.5) is 4.39 Å². The van der Waals surface area contributed by atoms with Gasteiger partial charge in [0.2, 0.25) is 5.91 Å². The number of nitrogens with zero attached hydrogens (tertiary/aromatic N) is 2. The standard InChI is InChI=1S/C10H13FN2O2/c1-6-3-9(15-12-6)8-4-7(5-11)10(14)13(8)2/h3,7-8H,4-5H2,1-2H3/t7-,8-/m1/s1. The lowest BCUT2D eigenvalue weighted by atomic mass is 10.1. The molecule has 0 bridgehead atoms. The van der Waals surface area contributed by atoms with Crippen molar-refractivity contribution in [3.63, 3.8) is 0 Å². The molecule has 1 amide bonds. The number of alkyl halides is 1. The van der Waals surface area contributed by atoms with E-state index in [1.54, 1.807) is 13.1 Å². The Balaban J connectivity index is 2.21. The summed E-state index contributed by atoms with van der Waals surface area (Å²) in [4.78, 5) is 13.1. The van der Waals surface area contributed by atoms with Crippen LogP contribution in [0.25, 0.3) is 0 Å². The average Bonchev–Trinajstić information content (AvgIpc) is 2.74. The summed E-state index contributed by atoms with van der Waals surface area (Å²) in [6, 6.07) is 1.62. The summed E-state index contributed by atoms with van der Waals surface area (Å²) in [5, 5.41) is 3.76. The van der Waals surface area contributed by atoms with Crippen LogP contribution in [0.5, 0.6) is 0 Å². The predicted octanol–water partition coefficient (Wildman–Crippen LogP) is 1.47. The normalized spacial score (nSPS) is 26.3. The number of rotatable bonds is 2. The molecular formula is C10H13FN2O2. The van der Waals surface area contributed by atoms with E-state index in [1.807, 2.05) is 6.92 Å². The smallest absolute Gasteiger partial charge is 0.228 e. The van der Waals surface area contributed by atoms with Crippen LogP contribution in [0.3, 0.4) is 0 Å². The zero-order chi connectivity index (χ0) is 11.0. The third-order valence-electron chi connectivity index (χ3n) is 2.83. The summed E-state index contributed by atoms with van der Waals surface area (Å²) < 4.78 is 17.6. The Morgan fingerprint density at radius 2 is 2.47 bits per heavy atom. The van der Waals surface area contributed by atoms with E-state index >= 15 is 0 Å². The predicted molar refractivity (Wildman–Crippen MR) is 50.8 cm³/mol. The molecule has 2 heterocycles. The summed E-state index contributed by atoms with van der Waals surface area (Å²) in [5.74, 6) is -0.0405. The molecule has 2 rings (SSSR count). The van der Waals surface area contributed by atoms with Gasteiger partial charge in [-0.15, -0.1) is 0 Å². The minimum Gasteiger partial charge on any atom is -0.359 e. The van der Waals surface area contributed by atoms with Crippen LogP contribution in [0.1, 0.15) is 23.9 Å². The molecule has 0 radical (unpaired) electrons. The van der Waals surface area contributed by atoms with Crippen LogP contribution in [0, 0.1) is 12.8 Å². The van der Waals surface area contributed by atoms with E-state index in [4.69, 9.17) is 4.52 Å². The zero-order valence-corrected chi connectivity index (χ0v) is 8.74. The van der Waals surface area contributed by atoms with Gasteiger partial charge in [0.25, 0.3) is 0 Å². The van der Waals surface area contributed by atoms with E-state index in [2.05, 4.69) is 5.16 Å². The second kappa shape index (κ2) is 3.64. The molecule has 0 aromatic carbocycles. The van der Waals surface area contributed by atoms with Gasteiger partial charge < -0.3 is 9.42 Å². The Morgan fingerprint density at radius 3 is 2.93 bits per heavy atom. The average molecular weight is 212 g/mol. The van der Waals surface area contributed by atoms with Crippen molar-refractivity contribution in [2.24, 2.45) is 5.92 Å². The van der Waals surface area contributed by atoms with Crippen LogP contribution in [-0.2, 0) is 4.79 Å². The molecule has 0 unspecified atom stereocenters. The first kappa shape index (κ1) is 10.1. The molecule has 4 nitrogen and oxygen atoms in total. The molecule has 1 aromatic heterocycles. The van der Waals surface area contributed by atoms with Crippen LogP contribution >= 0.6 is 0 Å². The molecule has 0 saturated carbocycles. The van der Waals surface area contributed by atoms with E-state index < -0.39 is 12.6 Å². The van der Waals surface area contributed by atoms with Crippen LogP contribution in [0.2, 0.25) is 0 Å². The van der Waals surface area contributed by atoms with E-state index in [1.165, 1.54) is 4.90 Å². The number of carbonyl (C=O) groups excluding carboxylic acids is 1. The second-order valence-corrected chi connectivity index (χ2v) is 3.92. The third-order valence-corrected chi connectivity index (χ3v) is 2.83. The molecule has 5 heteroatoms. The van der Waals surface area contributed by atoms with Gasteiger partial charge in [-0.2, -0.15) is 0 Å². The van der Waals surface area contributed by atoms with Gasteiger partial charge in [0.15, 0.2) is 5.76 Å². The van der Waals surface area contributed by atoms with Crippen molar-refractivity contribution in [3.8, 4) is 0 Å². The molecule has 15 heavy (non-hydrogen) atoms. The summed E-state index contributed by atoms with van der Waals surface area (Å²) in [7, 11) is 1.67. The SMILES string of the molecule is Cc1cc([C@H]2C[C@H](CF)C(=O)N2C)on1. The maximum atomic E-state index is 12.5. The van der Waals surface area contributed by atoms with Crippen molar-refractivity contribution >= 4 is 5.91 Å². The molecule has 82 valence electrons. The van der Waals surface area contributed by atoms with Crippen LogP contribution in [0.15, 0.2) is 10.6 Å². The summed E-state index contributed by atoms with van der Waals surface area (Å²) in [6.07, 6.45) is 0.473. The maximum Gasteiger partial charge on any atom is 0.228 e. The topological polar surface area (TPSA) is 46.3 Å². The first-order valence-corrected chi connectivity index (χ1v) is 4.89.